The molecule has 6 nitrogen and oxygen atoms in total. The van der Waals surface area contributed by atoms with Gasteiger partial charge < -0.3 is 15.0 Å². The fraction of sp³-hybridized carbons (Fsp3) is 0.333. The van der Waals surface area contributed by atoms with Crippen LogP contribution in [0.1, 0.15) is 5.56 Å². The van der Waals surface area contributed by atoms with Crippen molar-refractivity contribution in [2.75, 3.05) is 20.2 Å². The van der Waals surface area contributed by atoms with Gasteiger partial charge in [0.1, 0.15) is 5.75 Å². The van der Waals surface area contributed by atoms with Crippen molar-refractivity contribution in [3.8, 4) is 5.75 Å². The van der Waals surface area contributed by atoms with Crippen LogP contribution in [0.3, 0.4) is 0 Å². The van der Waals surface area contributed by atoms with Crippen molar-refractivity contribution in [1.29, 1.82) is 0 Å². The fourth-order valence-corrected chi connectivity index (χ4v) is 1.93. The molecule has 6 heteroatoms. The predicted molar refractivity (Wildman–Crippen MR) is 66.5 cm³/mol. The summed E-state index contributed by atoms with van der Waals surface area (Å²) >= 11 is 0. The second-order valence-corrected chi connectivity index (χ2v) is 4.00. The number of methoxy groups -OCH3 is 1. The maximum atomic E-state index is 10.5. The summed E-state index contributed by atoms with van der Waals surface area (Å²) in [5, 5.41) is 13.5. The molecule has 1 saturated heterocycles. The van der Waals surface area contributed by atoms with Gasteiger partial charge in [-0.15, -0.1) is 0 Å². The van der Waals surface area contributed by atoms with Crippen LogP contribution in [0.25, 0.3) is 0 Å². The smallest absolute Gasteiger partial charge is 0.274 e. The highest BCUT2D eigenvalue weighted by Crippen LogP contribution is 2.17. The Morgan fingerprint density at radius 2 is 2.44 bits per heavy atom. The molecule has 1 heterocycles. The Bertz CT molecular complexity index is 473. The van der Waals surface area contributed by atoms with Crippen LogP contribution < -0.4 is 10.1 Å². The van der Waals surface area contributed by atoms with Crippen LogP contribution in [0.15, 0.2) is 36.3 Å². The van der Waals surface area contributed by atoms with E-state index in [4.69, 9.17) is 4.74 Å². The first kappa shape index (κ1) is 12.2. The molecule has 0 aromatic heterocycles. The SMILES string of the molecule is COc1cccc(CN2CCN/C2=C\[N+](=O)[O-])c1. The fourth-order valence-electron chi connectivity index (χ4n) is 1.93. The highest BCUT2D eigenvalue weighted by Gasteiger charge is 2.19. The first-order valence-electron chi connectivity index (χ1n) is 5.66. The van der Waals surface area contributed by atoms with Gasteiger partial charge in [-0.1, -0.05) is 12.1 Å². The van der Waals surface area contributed by atoms with Gasteiger partial charge in [0, 0.05) is 19.6 Å². The van der Waals surface area contributed by atoms with Crippen molar-refractivity contribution in [2.45, 2.75) is 6.54 Å². The Morgan fingerprint density at radius 3 is 3.17 bits per heavy atom. The number of nitro groups is 1. The molecule has 1 aromatic rings. The molecule has 1 aliphatic rings. The Labute approximate surface area is 105 Å². The number of ether oxygens (including phenoxy) is 1. The second-order valence-electron chi connectivity index (χ2n) is 4.00. The van der Waals surface area contributed by atoms with E-state index in [-0.39, 0.29) is 0 Å². The van der Waals surface area contributed by atoms with Crippen LogP contribution in [-0.2, 0) is 6.54 Å². The minimum Gasteiger partial charge on any atom is -0.497 e. The van der Waals surface area contributed by atoms with Gasteiger partial charge in [0.25, 0.3) is 6.20 Å². The van der Waals surface area contributed by atoms with Gasteiger partial charge in [0.15, 0.2) is 5.82 Å². The molecule has 2 rings (SSSR count). The van der Waals surface area contributed by atoms with E-state index in [1.54, 1.807) is 7.11 Å². The molecular formula is C12H15N3O3. The molecule has 0 bridgehead atoms. The van der Waals surface area contributed by atoms with Crippen LogP contribution in [0, 0.1) is 10.1 Å². The van der Waals surface area contributed by atoms with Crippen molar-refractivity contribution in [2.24, 2.45) is 0 Å². The molecule has 0 atom stereocenters. The Morgan fingerprint density at radius 1 is 1.61 bits per heavy atom. The molecule has 0 spiro atoms. The normalized spacial score (nSPS) is 16.7. The van der Waals surface area contributed by atoms with Gasteiger partial charge >= 0.3 is 0 Å². The van der Waals surface area contributed by atoms with E-state index in [0.717, 1.165) is 30.6 Å². The number of nitrogens with one attached hydrogen (secondary N) is 1. The van der Waals surface area contributed by atoms with Gasteiger partial charge in [-0.3, -0.25) is 10.1 Å². The lowest BCUT2D eigenvalue weighted by molar-refractivity contribution is -0.404. The van der Waals surface area contributed by atoms with Crippen LogP contribution in [0.2, 0.25) is 0 Å². The van der Waals surface area contributed by atoms with E-state index in [1.165, 1.54) is 0 Å². The lowest BCUT2D eigenvalue weighted by Gasteiger charge is -2.17. The standard InChI is InChI=1S/C12H15N3O3/c1-18-11-4-2-3-10(7-11)8-14-6-5-13-12(14)9-15(16)17/h2-4,7,9,13H,5-6,8H2,1H3/b12-9+. The molecule has 1 aliphatic heterocycles. The summed E-state index contributed by atoms with van der Waals surface area (Å²) in [6.07, 6.45) is 1.01. The highest BCUT2D eigenvalue weighted by atomic mass is 16.6. The number of hydrogen-bond acceptors (Lipinski definition) is 5. The third-order valence-electron chi connectivity index (χ3n) is 2.76. The molecule has 1 N–H and O–H groups in total. The summed E-state index contributed by atoms with van der Waals surface area (Å²) in [6, 6.07) is 7.70. The van der Waals surface area contributed by atoms with E-state index in [1.807, 2.05) is 29.2 Å². The third kappa shape index (κ3) is 2.91. The summed E-state index contributed by atoms with van der Waals surface area (Å²) < 4.78 is 5.15. The number of hydrogen-bond donors (Lipinski definition) is 1. The monoisotopic (exact) mass is 249 g/mol. The lowest BCUT2D eigenvalue weighted by atomic mass is 10.2. The summed E-state index contributed by atoms with van der Waals surface area (Å²) in [5.74, 6) is 1.35. The van der Waals surface area contributed by atoms with Crippen LogP contribution >= 0.6 is 0 Å². The van der Waals surface area contributed by atoms with Crippen molar-refractivity contribution in [1.82, 2.24) is 10.2 Å². The van der Waals surface area contributed by atoms with E-state index < -0.39 is 4.92 Å². The molecule has 0 radical (unpaired) electrons. The zero-order valence-electron chi connectivity index (χ0n) is 10.1. The molecule has 0 unspecified atom stereocenters. The molecule has 0 amide bonds. The minimum absolute atomic E-state index is 0.438. The Kier molecular flexibility index (Phi) is 3.66. The van der Waals surface area contributed by atoms with Gasteiger partial charge in [0.05, 0.1) is 12.0 Å². The lowest BCUT2D eigenvalue weighted by Crippen LogP contribution is -2.20. The summed E-state index contributed by atoms with van der Waals surface area (Å²) in [5.41, 5.74) is 1.06. The van der Waals surface area contributed by atoms with Gasteiger partial charge in [-0.25, -0.2) is 0 Å². The molecule has 96 valence electrons. The number of nitrogens with zero attached hydrogens (tertiary/aromatic N) is 2. The molecule has 1 fully saturated rings. The van der Waals surface area contributed by atoms with Crippen molar-refractivity contribution < 1.29 is 9.66 Å². The minimum atomic E-state index is -0.438. The summed E-state index contributed by atoms with van der Waals surface area (Å²) in [4.78, 5) is 12.0. The Hall–Kier alpha value is -2.24. The molecule has 18 heavy (non-hydrogen) atoms. The molecule has 1 aromatic carbocycles. The van der Waals surface area contributed by atoms with Crippen LogP contribution in [0.4, 0.5) is 0 Å². The maximum Gasteiger partial charge on any atom is 0.274 e. The largest absolute Gasteiger partial charge is 0.497 e. The predicted octanol–water partition coefficient (Wildman–Crippen LogP) is 1.18. The quantitative estimate of drug-likeness (QED) is 0.641. The zero-order valence-corrected chi connectivity index (χ0v) is 10.1. The van der Waals surface area contributed by atoms with Crippen molar-refractivity contribution in [3.05, 3.63) is 52.0 Å². The maximum absolute atomic E-state index is 10.5. The molecular weight excluding hydrogens is 234 g/mol. The second kappa shape index (κ2) is 5.39. The highest BCUT2D eigenvalue weighted by molar-refractivity contribution is 5.28. The average Bonchev–Trinajstić information content (AvgIpc) is 2.76. The van der Waals surface area contributed by atoms with Gasteiger partial charge in [-0.2, -0.15) is 0 Å². The molecule has 0 aliphatic carbocycles. The van der Waals surface area contributed by atoms with E-state index in [9.17, 15) is 10.1 Å². The number of benzene rings is 1. The van der Waals surface area contributed by atoms with Crippen molar-refractivity contribution in [3.63, 3.8) is 0 Å². The first-order chi connectivity index (χ1) is 8.69. The molecule has 0 saturated carbocycles. The average molecular weight is 249 g/mol. The van der Waals surface area contributed by atoms with Crippen LogP contribution in [0.5, 0.6) is 5.75 Å². The first-order valence-corrected chi connectivity index (χ1v) is 5.66. The van der Waals surface area contributed by atoms with E-state index in [0.29, 0.717) is 12.4 Å². The van der Waals surface area contributed by atoms with Gasteiger partial charge in [-0.05, 0) is 17.7 Å². The topological polar surface area (TPSA) is 67.6 Å². The van der Waals surface area contributed by atoms with Crippen molar-refractivity contribution >= 4 is 0 Å². The Balaban J connectivity index is 2.10. The van der Waals surface area contributed by atoms with Gasteiger partial charge in [0.2, 0.25) is 0 Å². The summed E-state index contributed by atoms with van der Waals surface area (Å²) in [7, 11) is 1.62. The third-order valence-corrected chi connectivity index (χ3v) is 2.76. The van der Waals surface area contributed by atoms with E-state index in [2.05, 4.69) is 5.32 Å². The zero-order chi connectivity index (χ0) is 13.0. The van der Waals surface area contributed by atoms with E-state index >= 15 is 0 Å². The number of rotatable bonds is 4. The van der Waals surface area contributed by atoms with Crippen LogP contribution in [-0.4, -0.2) is 30.0 Å². The summed E-state index contributed by atoms with van der Waals surface area (Å²) in [6.45, 7) is 2.12.